The minimum Gasteiger partial charge on any atom is -0.508 e. The van der Waals surface area contributed by atoms with Gasteiger partial charge in [-0.25, -0.2) is 9.97 Å². The van der Waals surface area contributed by atoms with Crippen molar-refractivity contribution in [2.75, 3.05) is 0 Å². The number of phenols is 2. The van der Waals surface area contributed by atoms with Crippen LogP contribution in [0.4, 0.5) is 0 Å². The van der Waals surface area contributed by atoms with Gasteiger partial charge in [-0.15, -0.1) is 0 Å². The van der Waals surface area contributed by atoms with Crippen molar-refractivity contribution in [2.24, 2.45) is 0 Å². The van der Waals surface area contributed by atoms with Crippen LogP contribution >= 0.6 is 0 Å². The van der Waals surface area contributed by atoms with E-state index in [1.807, 2.05) is 48.5 Å². The Morgan fingerprint density at radius 1 is 0.857 bits per heavy atom. The van der Waals surface area contributed by atoms with E-state index in [0.717, 1.165) is 28.3 Å². The summed E-state index contributed by atoms with van der Waals surface area (Å²) in [6.07, 6.45) is 4.84. The van der Waals surface area contributed by atoms with Crippen LogP contribution < -0.4 is 9.47 Å². The number of aromatic nitrogens is 2. The molecule has 0 saturated heterocycles. The number of fused-ring (bicyclic) bond motifs is 1. The fraction of sp³-hybridized carbons (Fsp3) is 0.148. The predicted octanol–water partition coefficient (Wildman–Crippen LogP) is 4.20. The Morgan fingerprint density at radius 3 is 2.40 bits per heavy atom. The maximum absolute atomic E-state index is 13.5. The summed E-state index contributed by atoms with van der Waals surface area (Å²) in [6, 6.07) is 17.6. The van der Waals surface area contributed by atoms with Crippen LogP contribution in [0, 0.1) is 0 Å². The predicted molar refractivity (Wildman–Crippen MR) is 127 cm³/mol. The van der Waals surface area contributed by atoms with Crippen LogP contribution in [-0.4, -0.2) is 31.0 Å². The SMILES string of the molecule is O=C(c1c(O)cc(O)cc1OCc1ccccc1)N1Cc2cccc(OCc3cncnc3)c2C1. The van der Waals surface area contributed by atoms with Gasteiger partial charge in [0.25, 0.3) is 5.91 Å². The van der Waals surface area contributed by atoms with Gasteiger partial charge in [0, 0.05) is 42.2 Å². The zero-order chi connectivity index (χ0) is 24.2. The molecule has 8 heteroatoms. The number of hydrogen-bond acceptors (Lipinski definition) is 7. The van der Waals surface area contributed by atoms with Crippen molar-refractivity contribution in [2.45, 2.75) is 26.3 Å². The molecule has 2 N–H and O–H groups in total. The minimum absolute atomic E-state index is 0.00967. The van der Waals surface area contributed by atoms with Gasteiger partial charge in [0.15, 0.2) is 0 Å². The molecule has 5 rings (SSSR count). The van der Waals surface area contributed by atoms with E-state index in [1.165, 1.54) is 12.4 Å². The molecule has 0 aliphatic carbocycles. The smallest absolute Gasteiger partial charge is 0.262 e. The summed E-state index contributed by atoms with van der Waals surface area (Å²) < 4.78 is 11.8. The summed E-state index contributed by atoms with van der Waals surface area (Å²) >= 11 is 0. The number of hydrogen-bond donors (Lipinski definition) is 2. The summed E-state index contributed by atoms with van der Waals surface area (Å²) in [5, 5.41) is 20.6. The largest absolute Gasteiger partial charge is 0.508 e. The summed E-state index contributed by atoms with van der Waals surface area (Å²) in [6.45, 7) is 1.17. The number of carbonyl (C=O) groups is 1. The number of phenolic OH excluding ortho intramolecular Hbond substituents is 2. The summed E-state index contributed by atoms with van der Waals surface area (Å²) in [7, 11) is 0. The lowest BCUT2D eigenvalue weighted by Crippen LogP contribution is -2.26. The van der Waals surface area contributed by atoms with E-state index in [9.17, 15) is 15.0 Å². The summed E-state index contributed by atoms with van der Waals surface area (Å²) in [5.41, 5.74) is 3.61. The molecule has 8 nitrogen and oxygen atoms in total. The highest BCUT2D eigenvalue weighted by Crippen LogP contribution is 2.38. The van der Waals surface area contributed by atoms with Crippen molar-refractivity contribution >= 4 is 5.91 Å². The topological polar surface area (TPSA) is 105 Å². The van der Waals surface area contributed by atoms with E-state index in [4.69, 9.17) is 9.47 Å². The van der Waals surface area contributed by atoms with Crippen LogP contribution in [0.5, 0.6) is 23.0 Å². The van der Waals surface area contributed by atoms with E-state index >= 15 is 0 Å². The van der Waals surface area contributed by atoms with Crippen LogP contribution in [0.25, 0.3) is 0 Å². The lowest BCUT2D eigenvalue weighted by molar-refractivity contribution is 0.0742. The standard InChI is InChI=1S/C27H23N3O5/c31-21-9-23(32)26(25(10-21)35-15-18-5-2-1-3-6-18)27(33)30-13-20-7-4-8-24(22(20)14-30)34-16-19-11-28-17-29-12-19/h1-12,17,31-32H,13-16H2. The van der Waals surface area contributed by atoms with Gasteiger partial charge in [-0.2, -0.15) is 0 Å². The molecular weight excluding hydrogens is 446 g/mol. The first-order chi connectivity index (χ1) is 17.1. The highest BCUT2D eigenvalue weighted by atomic mass is 16.5. The van der Waals surface area contributed by atoms with Crippen LogP contribution in [0.3, 0.4) is 0 Å². The van der Waals surface area contributed by atoms with Crippen LogP contribution in [0.2, 0.25) is 0 Å². The van der Waals surface area contributed by atoms with Gasteiger partial charge in [0.2, 0.25) is 0 Å². The van der Waals surface area contributed by atoms with E-state index in [1.54, 1.807) is 17.3 Å². The lowest BCUT2D eigenvalue weighted by Gasteiger charge is -2.19. The van der Waals surface area contributed by atoms with Crippen molar-refractivity contribution in [1.29, 1.82) is 0 Å². The normalized spacial score (nSPS) is 12.3. The first kappa shape index (κ1) is 22.2. The molecule has 1 aromatic heterocycles. The Balaban J connectivity index is 1.35. The van der Waals surface area contributed by atoms with Gasteiger partial charge in [-0.3, -0.25) is 4.79 Å². The molecule has 0 fully saturated rings. The third-order valence-electron chi connectivity index (χ3n) is 5.75. The molecule has 1 aliphatic heterocycles. The zero-order valence-corrected chi connectivity index (χ0v) is 18.8. The van der Waals surface area contributed by atoms with E-state index < -0.39 is 5.91 Å². The van der Waals surface area contributed by atoms with E-state index in [-0.39, 0.29) is 29.4 Å². The third kappa shape index (κ3) is 4.86. The molecule has 2 heterocycles. The Bertz CT molecular complexity index is 1350. The third-order valence-corrected chi connectivity index (χ3v) is 5.75. The van der Waals surface area contributed by atoms with Crippen LogP contribution in [0.1, 0.15) is 32.6 Å². The molecule has 35 heavy (non-hydrogen) atoms. The van der Waals surface area contributed by atoms with Crippen LogP contribution in [0.15, 0.2) is 79.4 Å². The number of aromatic hydroxyl groups is 2. The van der Waals surface area contributed by atoms with Crippen molar-refractivity contribution in [3.05, 3.63) is 107 Å². The molecule has 176 valence electrons. The first-order valence-electron chi connectivity index (χ1n) is 11.1. The molecule has 0 radical (unpaired) electrons. The molecule has 4 aromatic rings. The highest BCUT2D eigenvalue weighted by Gasteiger charge is 2.30. The van der Waals surface area contributed by atoms with Gasteiger partial charge in [0.05, 0.1) is 6.54 Å². The molecule has 1 amide bonds. The Morgan fingerprint density at radius 2 is 1.60 bits per heavy atom. The number of amides is 1. The minimum atomic E-state index is -0.399. The van der Waals surface area contributed by atoms with Gasteiger partial charge in [-0.05, 0) is 17.2 Å². The Labute approximate surface area is 202 Å². The molecule has 3 aromatic carbocycles. The number of nitrogens with zero attached hydrogens (tertiary/aromatic N) is 3. The highest BCUT2D eigenvalue weighted by molar-refractivity contribution is 6.00. The average molecular weight is 469 g/mol. The molecule has 0 spiro atoms. The zero-order valence-electron chi connectivity index (χ0n) is 18.8. The van der Waals surface area contributed by atoms with Gasteiger partial charge < -0.3 is 24.6 Å². The summed E-state index contributed by atoms with van der Waals surface area (Å²) in [4.78, 5) is 23.1. The molecule has 0 atom stereocenters. The number of benzene rings is 3. The molecule has 0 bridgehead atoms. The van der Waals surface area contributed by atoms with Crippen LogP contribution in [-0.2, 0) is 26.3 Å². The monoisotopic (exact) mass is 469 g/mol. The molecule has 1 aliphatic rings. The molecule has 0 saturated carbocycles. The average Bonchev–Trinajstić information content (AvgIpc) is 3.32. The van der Waals surface area contributed by atoms with Crippen molar-refractivity contribution in [3.63, 3.8) is 0 Å². The van der Waals surface area contributed by atoms with Gasteiger partial charge in [0.1, 0.15) is 48.1 Å². The van der Waals surface area contributed by atoms with E-state index in [0.29, 0.717) is 25.4 Å². The van der Waals surface area contributed by atoms with Crippen molar-refractivity contribution in [3.8, 4) is 23.0 Å². The number of ether oxygens (including phenoxy) is 2. The lowest BCUT2D eigenvalue weighted by atomic mass is 10.1. The quantitative estimate of drug-likeness (QED) is 0.418. The van der Waals surface area contributed by atoms with Crippen molar-refractivity contribution < 1.29 is 24.5 Å². The Kier molecular flexibility index (Phi) is 6.17. The maximum Gasteiger partial charge on any atom is 0.262 e. The fourth-order valence-corrected chi connectivity index (χ4v) is 4.04. The van der Waals surface area contributed by atoms with E-state index in [2.05, 4.69) is 9.97 Å². The second-order valence-electron chi connectivity index (χ2n) is 8.20. The first-order valence-corrected chi connectivity index (χ1v) is 11.1. The van der Waals surface area contributed by atoms with Gasteiger partial charge >= 0.3 is 0 Å². The molecule has 0 unspecified atom stereocenters. The second kappa shape index (κ2) is 9.72. The van der Waals surface area contributed by atoms with Gasteiger partial charge in [-0.1, -0.05) is 42.5 Å². The number of carbonyl (C=O) groups excluding carboxylic acids is 1. The fourth-order valence-electron chi connectivity index (χ4n) is 4.04. The second-order valence-corrected chi connectivity index (χ2v) is 8.20. The summed E-state index contributed by atoms with van der Waals surface area (Å²) in [5.74, 6) is -0.129. The Hall–Kier alpha value is -4.59. The number of rotatable bonds is 7. The molecular formula is C27H23N3O5. The van der Waals surface area contributed by atoms with Crippen molar-refractivity contribution in [1.82, 2.24) is 14.9 Å². The maximum atomic E-state index is 13.5.